The maximum absolute atomic E-state index is 11.3. The second-order valence-corrected chi connectivity index (χ2v) is 4.31. The summed E-state index contributed by atoms with van der Waals surface area (Å²) in [5, 5.41) is 9.01. The van der Waals surface area contributed by atoms with E-state index < -0.39 is 5.91 Å². The van der Waals surface area contributed by atoms with Gasteiger partial charge in [-0.05, 0) is 25.5 Å². The summed E-state index contributed by atoms with van der Waals surface area (Å²) in [6, 6.07) is 7.62. The largest absolute Gasteiger partial charge is 0.395 e. The first-order valence-corrected chi connectivity index (χ1v) is 5.79. The minimum absolute atomic E-state index is 0.108. The highest BCUT2D eigenvalue weighted by molar-refractivity contribution is 5.94. The van der Waals surface area contributed by atoms with Crippen LogP contribution in [-0.4, -0.2) is 35.1 Å². The number of nitrogens with zero attached hydrogens (tertiary/aromatic N) is 1. The van der Waals surface area contributed by atoms with Crippen molar-refractivity contribution in [3.63, 3.8) is 0 Å². The monoisotopic (exact) mass is 236 g/mol. The van der Waals surface area contributed by atoms with Crippen molar-refractivity contribution in [1.82, 2.24) is 4.90 Å². The molecule has 1 amide bonds. The summed E-state index contributed by atoms with van der Waals surface area (Å²) >= 11 is 0. The van der Waals surface area contributed by atoms with Crippen molar-refractivity contribution >= 4 is 5.91 Å². The molecule has 0 aliphatic rings. The number of carbonyl (C=O) groups is 1. The molecule has 4 nitrogen and oxygen atoms in total. The molecule has 0 aliphatic carbocycles. The van der Waals surface area contributed by atoms with E-state index in [1.54, 1.807) is 12.1 Å². The Morgan fingerprint density at radius 3 is 2.59 bits per heavy atom. The summed E-state index contributed by atoms with van der Waals surface area (Å²) in [5.74, 6) is -0.409. The third-order valence-electron chi connectivity index (χ3n) is 2.77. The fourth-order valence-corrected chi connectivity index (χ4v) is 1.77. The highest BCUT2D eigenvalue weighted by Crippen LogP contribution is 2.13. The molecule has 1 aromatic rings. The maximum atomic E-state index is 11.3. The number of nitrogens with two attached hydrogens (primary N) is 1. The van der Waals surface area contributed by atoms with E-state index in [0.29, 0.717) is 24.7 Å². The molecule has 0 fully saturated rings. The summed E-state index contributed by atoms with van der Waals surface area (Å²) < 4.78 is 0. The summed E-state index contributed by atoms with van der Waals surface area (Å²) in [7, 11) is 0. The lowest BCUT2D eigenvalue weighted by molar-refractivity contribution is 0.0997. The van der Waals surface area contributed by atoms with E-state index in [-0.39, 0.29) is 6.61 Å². The first-order valence-electron chi connectivity index (χ1n) is 5.79. The van der Waals surface area contributed by atoms with Crippen LogP contribution in [0.4, 0.5) is 0 Å². The molecule has 1 aromatic carbocycles. The molecule has 1 rings (SSSR count). The van der Waals surface area contributed by atoms with Gasteiger partial charge in [0.15, 0.2) is 0 Å². The topological polar surface area (TPSA) is 66.6 Å². The number of benzene rings is 1. The van der Waals surface area contributed by atoms with Gasteiger partial charge in [0, 0.05) is 24.7 Å². The second-order valence-electron chi connectivity index (χ2n) is 4.31. The predicted octanol–water partition coefficient (Wildman–Crippen LogP) is 0.988. The number of rotatable bonds is 6. The fourth-order valence-electron chi connectivity index (χ4n) is 1.77. The Hall–Kier alpha value is -1.39. The van der Waals surface area contributed by atoms with Gasteiger partial charge in [-0.2, -0.15) is 0 Å². The molecule has 0 aromatic heterocycles. The van der Waals surface area contributed by atoms with Crippen molar-refractivity contribution in [2.75, 3.05) is 13.2 Å². The van der Waals surface area contributed by atoms with Crippen LogP contribution < -0.4 is 5.73 Å². The number of aliphatic hydroxyl groups excluding tert-OH is 1. The molecular formula is C13H20N2O2. The van der Waals surface area contributed by atoms with E-state index in [0.717, 1.165) is 5.56 Å². The molecule has 0 bridgehead atoms. The Kier molecular flexibility index (Phi) is 5.12. The summed E-state index contributed by atoms with van der Waals surface area (Å²) in [5.41, 5.74) is 6.79. The molecule has 17 heavy (non-hydrogen) atoms. The predicted molar refractivity (Wildman–Crippen MR) is 67.6 cm³/mol. The smallest absolute Gasteiger partial charge is 0.249 e. The number of amides is 1. The van der Waals surface area contributed by atoms with Gasteiger partial charge in [-0.25, -0.2) is 0 Å². The second kappa shape index (κ2) is 6.37. The zero-order chi connectivity index (χ0) is 12.8. The standard InChI is InChI=1S/C13H20N2O2/c1-10(2)15(7-8-16)9-11-5-3-4-6-12(11)13(14)17/h3-6,10,16H,7-9H2,1-2H3,(H2,14,17). The van der Waals surface area contributed by atoms with E-state index in [2.05, 4.69) is 18.7 Å². The Balaban J connectivity index is 2.88. The van der Waals surface area contributed by atoms with Gasteiger partial charge in [0.25, 0.3) is 0 Å². The van der Waals surface area contributed by atoms with Gasteiger partial charge in [0.1, 0.15) is 0 Å². The van der Waals surface area contributed by atoms with E-state index in [1.807, 2.05) is 12.1 Å². The third-order valence-corrected chi connectivity index (χ3v) is 2.77. The van der Waals surface area contributed by atoms with Crippen LogP contribution in [0.15, 0.2) is 24.3 Å². The van der Waals surface area contributed by atoms with Crippen LogP contribution in [0.2, 0.25) is 0 Å². The lowest BCUT2D eigenvalue weighted by Gasteiger charge is -2.26. The highest BCUT2D eigenvalue weighted by Gasteiger charge is 2.13. The Labute approximate surface area is 102 Å². The lowest BCUT2D eigenvalue weighted by atomic mass is 10.1. The molecule has 0 saturated heterocycles. The molecule has 0 atom stereocenters. The van der Waals surface area contributed by atoms with E-state index in [1.165, 1.54) is 0 Å². The molecule has 4 heteroatoms. The molecule has 3 N–H and O–H groups in total. The van der Waals surface area contributed by atoms with E-state index >= 15 is 0 Å². The normalized spacial score (nSPS) is 11.1. The maximum Gasteiger partial charge on any atom is 0.249 e. The van der Waals surface area contributed by atoms with E-state index in [4.69, 9.17) is 10.8 Å². The van der Waals surface area contributed by atoms with Crippen LogP contribution in [0, 0.1) is 0 Å². The van der Waals surface area contributed by atoms with Gasteiger partial charge in [0.2, 0.25) is 5.91 Å². The Morgan fingerprint density at radius 1 is 1.41 bits per heavy atom. The molecular weight excluding hydrogens is 216 g/mol. The summed E-state index contributed by atoms with van der Waals surface area (Å²) in [6.45, 7) is 5.43. The fraction of sp³-hybridized carbons (Fsp3) is 0.462. The van der Waals surface area contributed by atoms with Gasteiger partial charge in [-0.1, -0.05) is 18.2 Å². The number of hydrogen-bond acceptors (Lipinski definition) is 3. The van der Waals surface area contributed by atoms with Crippen LogP contribution >= 0.6 is 0 Å². The number of hydrogen-bond donors (Lipinski definition) is 2. The van der Waals surface area contributed by atoms with E-state index in [9.17, 15) is 4.79 Å². The van der Waals surface area contributed by atoms with Crippen molar-refractivity contribution in [3.05, 3.63) is 35.4 Å². The first kappa shape index (κ1) is 13.7. The Bertz CT molecular complexity index is 377. The molecule has 0 aliphatic heterocycles. The Morgan fingerprint density at radius 2 is 2.06 bits per heavy atom. The highest BCUT2D eigenvalue weighted by atomic mass is 16.3. The summed E-state index contributed by atoms with van der Waals surface area (Å²) in [6.07, 6.45) is 0. The zero-order valence-corrected chi connectivity index (χ0v) is 10.4. The first-order chi connectivity index (χ1) is 8.06. The van der Waals surface area contributed by atoms with Gasteiger partial charge in [-0.15, -0.1) is 0 Å². The van der Waals surface area contributed by atoms with Crippen LogP contribution in [-0.2, 0) is 6.54 Å². The molecule has 0 unspecified atom stereocenters. The molecule has 0 radical (unpaired) electrons. The molecule has 0 heterocycles. The quantitative estimate of drug-likeness (QED) is 0.774. The molecule has 0 spiro atoms. The number of aliphatic hydroxyl groups is 1. The lowest BCUT2D eigenvalue weighted by Crippen LogP contribution is -2.33. The average Bonchev–Trinajstić information content (AvgIpc) is 2.28. The van der Waals surface area contributed by atoms with Gasteiger partial charge >= 0.3 is 0 Å². The number of carbonyl (C=O) groups excluding carboxylic acids is 1. The van der Waals surface area contributed by atoms with Crippen molar-refractivity contribution in [1.29, 1.82) is 0 Å². The van der Waals surface area contributed by atoms with Crippen LogP contribution in [0.1, 0.15) is 29.8 Å². The van der Waals surface area contributed by atoms with Gasteiger partial charge in [-0.3, -0.25) is 9.69 Å². The third kappa shape index (κ3) is 3.84. The van der Waals surface area contributed by atoms with Crippen molar-refractivity contribution in [2.24, 2.45) is 5.73 Å². The zero-order valence-electron chi connectivity index (χ0n) is 10.4. The minimum atomic E-state index is -0.409. The molecule has 94 valence electrons. The average molecular weight is 236 g/mol. The SMILES string of the molecule is CC(C)N(CCO)Cc1ccccc1C(N)=O. The minimum Gasteiger partial charge on any atom is -0.395 e. The van der Waals surface area contributed by atoms with Crippen LogP contribution in [0.25, 0.3) is 0 Å². The molecule has 0 saturated carbocycles. The summed E-state index contributed by atoms with van der Waals surface area (Å²) in [4.78, 5) is 13.4. The number of primary amides is 1. The van der Waals surface area contributed by atoms with Crippen molar-refractivity contribution < 1.29 is 9.90 Å². The van der Waals surface area contributed by atoms with Crippen LogP contribution in [0.5, 0.6) is 0 Å². The van der Waals surface area contributed by atoms with Gasteiger partial charge < -0.3 is 10.8 Å². The van der Waals surface area contributed by atoms with Crippen molar-refractivity contribution in [2.45, 2.75) is 26.4 Å². The van der Waals surface area contributed by atoms with Crippen molar-refractivity contribution in [3.8, 4) is 0 Å². The van der Waals surface area contributed by atoms with Crippen LogP contribution in [0.3, 0.4) is 0 Å². The van der Waals surface area contributed by atoms with Gasteiger partial charge in [0.05, 0.1) is 6.61 Å².